The van der Waals surface area contributed by atoms with Gasteiger partial charge in [-0.1, -0.05) is 58.9 Å². The Labute approximate surface area is 323 Å². The van der Waals surface area contributed by atoms with Crippen LogP contribution < -0.4 is 10.6 Å². The highest BCUT2D eigenvalue weighted by atomic mass is 19.1. The summed E-state index contributed by atoms with van der Waals surface area (Å²) in [5.41, 5.74) is 2.14. The van der Waals surface area contributed by atoms with E-state index < -0.39 is 5.82 Å². The summed E-state index contributed by atoms with van der Waals surface area (Å²) in [6.07, 6.45) is 12.6. The Morgan fingerprint density at radius 2 is 1.52 bits per heavy atom. The third kappa shape index (κ3) is 6.90. The summed E-state index contributed by atoms with van der Waals surface area (Å²) in [5, 5.41) is 17.2. The highest BCUT2D eigenvalue weighted by molar-refractivity contribution is 5.95. The van der Waals surface area contributed by atoms with Crippen molar-refractivity contribution in [1.29, 1.82) is 0 Å². The number of aliphatic hydroxyl groups is 1. The number of carbonyl (C=O) groups excluding carboxylic acids is 3. The quantitative estimate of drug-likeness (QED) is 0.195. The molecule has 7 rings (SSSR count). The number of halogens is 1. The number of benzene rings is 2. The fourth-order valence-electron chi connectivity index (χ4n) is 13.4. The molecule has 2 aromatic rings. The van der Waals surface area contributed by atoms with Crippen LogP contribution in [0.2, 0.25) is 0 Å². The minimum Gasteiger partial charge on any atom is -0.393 e. The zero-order valence-electron chi connectivity index (χ0n) is 33.9. The van der Waals surface area contributed by atoms with Crippen LogP contribution in [-0.4, -0.2) is 28.8 Å². The molecule has 54 heavy (non-hydrogen) atoms. The van der Waals surface area contributed by atoms with Crippen LogP contribution in [-0.2, 0) is 17.9 Å². The van der Waals surface area contributed by atoms with E-state index in [1.165, 1.54) is 44.7 Å². The van der Waals surface area contributed by atoms with Gasteiger partial charge in [-0.25, -0.2) is 4.39 Å². The van der Waals surface area contributed by atoms with Crippen molar-refractivity contribution in [3.63, 3.8) is 0 Å². The number of amides is 2. The van der Waals surface area contributed by atoms with Crippen LogP contribution in [0.1, 0.15) is 145 Å². The van der Waals surface area contributed by atoms with Gasteiger partial charge in [0.1, 0.15) is 5.82 Å². The molecule has 5 saturated carbocycles. The lowest BCUT2D eigenvalue weighted by Crippen LogP contribution is -2.64. The molecule has 10 atom stereocenters. The maximum Gasteiger partial charge on any atom is 0.251 e. The van der Waals surface area contributed by atoms with Crippen LogP contribution in [0.15, 0.2) is 55.1 Å². The van der Waals surface area contributed by atoms with Crippen LogP contribution in [0.4, 0.5) is 4.39 Å². The Kier molecular flexibility index (Phi) is 11.4. The molecule has 5 aliphatic carbocycles. The van der Waals surface area contributed by atoms with E-state index in [4.69, 9.17) is 0 Å². The summed E-state index contributed by atoms with van der Waals surface area (Å²) in [4.78, 5) is 39.0. The van der Waals surface area contributed by atoms with Crippen molar-refractivity contribution in [1.82, 2.24) is 10.6 Å². The van der Waals surface area contributed by atoms with Crippen molar-refractivity contribution in [3.8, 4) is 0 Å². The van der Waals surface area contributed by atoms with Gasteiger partial charge in [-0.3, -0.25) is 14.4 Å². The van der Waals surface area contributed by atoms with Crippen LogP contribution in [0.25, 0.3) is 0 Å². The van der Waals surface area contributed by atoms with Crippen LogP contribution in [0.5, 0.6) is 0 Å². The summed E-state index contributed by atoms with van der Waals surface area (Å²) in [6.45, 7) is 19.3. The van der Waals surface area contributed by atoms with Crippen molar-refractivity contribution in [2.24, 2.45) is 57.2 Å². The zero-order chi connectivity index (χ0) is 39.2. The van der Waals surface area contributed by atoms with Gasteiger partial charge in [0.15, 0.2) is 5.78 Å². The number of fused-ring (bicyclic) bond motifs is 7. The largest absolute Gasteiger partial charge is 0.393 e. The Morgan fingerprint density at radius 1 is 0.852 bits per heavy atom. The lowest BCUT2D eigenvalue weighted by molar-refractivity contribution is -0.216. The average molecular weight is 741 g/mol. The SMILES string of the molecule is C=CC.CC(=O)c1ccc(CNC(=O)c2cccc(CNC(=O)C34CCC(C)C3C3CCC5C(C)(CCC6C(C)(C)C(O)CCC65C)C3CC4)c2)cc1F. The molecule has 0 bridgehead atoms. The summed E-state index contributed by atoms with van der Waals surface area (Å²) in [6, 6.07) is 11.7. The van der Waals surface area contributed by atoms with Crippen molar-refractivity contribution in [2.75, 3.05) is 0 Å². The number of rotatable bonds is 7. The third-order valence-corrected chi connectivity index (χ3v) is 15.8. The second kappa shape index (κ2) is 15.3. The number of ketones is 1. The zero-order valence-corrected chi connectivity index (χ0v) is 33.9. The van der Waals surface area contributed by atoms with E-state index in [9.17, 15) is 23.9 Å². The smallest absolute Gasteiger partial charge is 0.251 e. The second-order valence-corrected chi connectivity index (χ2v) is 19.0. The molecule has 2 amide bonds. The van der Waals surface area contributed by atoms with Gasteiger partial charge in [0.25, 0.3) is 5.91 Å². The minimum absolute atomic E-state index is 0.0369. The Bertz CT molecular complexity index is 1750. The molecule has 0 aliphatic heterocycles. The van der Waals surface area contributed by atoms with E-state index in [0.29, 0.717) is 53.2 Å². The average Bonchev–Trinajstić information content (AvgIpc) is 3.49. The first-order valence-corrected chi connectivity index (χ1v) is 20.7. The molecule has 5 aliphatic rings. The molecule has 6 nitrogen and oxygen atoms in total. The van der Waals surface area contributed by atoms with Gasteiger partial charge in [-0.15, -0.1) is 6.58 Å². The maximum atomic E-state index is 14.4. The molecule has 3 N–H and O–H groups in total. The molecule has 2 aromatic carbocycles. The van der Waals surface area contributed by atoms with E-state index in [1.54, 1.807) is 18.2 Å². The fraction of sp³-hybridized carbons (Fsp3) is 0.638. The van der Waals surface area contributed by atoms with E-state index in [-0.39, 0.29) is 57.5 Å². The molecule has 5 fully saturated rings. The number of hydrogen-bond acceptors (Lipinski definition) is 4. The number of nitrogens with one attached hydrogen (secondary N) is 2. The predicted octanol–water partition coefficient (Wildman–Crippen LogP) is 9.84. The van der Waals surface area contributed by atoms with Gasteiger partial charge in [-0.05, 0) is 165 Å². The highest BCUT2D eigenvalue weighted by Crippen LogP contribution is 2.73. The van der Waals surface area contributed by atoms with E-state index >= 15 is 0 Å². The van der Waals surface area contributed by atoms with E-state index in [0.717, 1.165) is 44.1 Å². The highest BCUT2D eigenvalue weighted by Gasteiger charge is 2.67. The first kappa shape index (κ1) is 40.3. The van der Waals surface area contributed by atoms with Gasteiger partial charge in [0.2, 0.25) is 5.91 Å². The molecular weight excluding hydrogens is 676 g/mol. The van der Waals surface area contributed by atoms with Crippen LogP contribution in [0.3, 0.4) is 0 Å². The van der Waals surface area contributed by atoms with Gasteiger partial charge in [0, 0.05) is 18.7 Å². The van der Waals surface area contributed by atoms with E-state index in [2.05, 4.69) is 51.8 Å². The first-order chi connectivity index (χ1) is 25.5. The van der Waals surface area contributed by atoms with Gasteiger partial charge in [-0.2, -0.15) is 0 Å². The molecule has 0 aromatic heterocycles. The summed E-state index contributed by atoms with van der Waals surface area (Å²) >= 11 is 0. The molecule has 0 radical (unpaired) electrons. The topological polar surface area (TPSA) is 95.5 Å². The third-order valence-electron chi connectivity index (χ3n) is 15.8. The number of carbonyl (C=O) groups is 3. The lowest BCUT2D eigenvalue weighted by atomic mass is 9.36. The maximum absolute atomic E-state index is 14.4. The second-order valence-electron chi connectivity index (χ2n) is 19.0. The number of Topliss-reactive ketones (excluding diaryl/α,β-unsaturated/α-hetero) is 1. The Balaban J connectivity index is 0.00000160. The molecule has 0 heterocycles. The fourth-order valence-corrected chi connectivity index (χ4v) is 13.4. The van der Waals surface area contributed by atoms with Crippen molar-refractivity contribution >= 4 is 17.6 Å². The first-order valence-electron chi connectivity index (χ1n) is 20.7. The van der Waals surface area contributed by atoms with Gasteiger partial charge < -0.3 is 15.7 Å². The van der Waals surface area contributed by atoms with Crippen LogP contribution in [0, 0.1) is 63.0 Å². The van der Waals surface area contributed by atoms with E-state index in [1.807, 2.05) is 25.1 Å². The van der Waals surface area contributed by atoms with Crippen molar-refractivity contribution < 1.29 is 23.9 Å². The van der Waals surface area contributed by atoms with Gasteiger partial charge in [0.05, 0.1) is 17.1 Å². The molecule has 0 saturated heterocycles. The summed E-state index contributed by atoms with van der Waals surface area (Å²) < 4.78 is 14.3. The normalized spacial score (nSPS) is 36.1. The van der Waals surface area contributed by atoms with Crippen molar-refractivity contribution in [2.45, 2.75) is 132 Å². The summed E-state index contributed by atoms with van der Waals surface area (Å²) in [5.74, 6) is 2.36. The monoisotopic (exact) mass is 740 g/mol. The molecule has 10 unspecified atom stereocenters. The number of allylic oxidation sites excluding steroid dienone is 1. The van der Waals surface area contributed by atoms with Crippen molar-refractivity contribution in [3.05, 3.63) is 83.2 Å². The van der Waals surface area contributed by atoms with Gasteiger partial charge >= 0.3 is 0 Å². The lowest BCUT2D eigenvalue weighted by Gasteiger charge is -2.69. The number of hydrogen-bond donors (Lipinski definition) is 3. The minimum atomic E-state index is -0.590. The Morgan fingerprint density at radius 3 is 2.22 bits per heavy atom. The Hall–Kier alpha value is -3.32. The standard InChI is InChI=1S/C44H59FN2O4.C3H6/c1-26-14-20-44(40(51)47-25-28-8-7-9-30(22-28)39(50)46-24-29-10-11-31(27(2)48)34(45)23-29)21-15-33-32(38(26)44)12-13-36-42(33,5)18-16-35-41(3,4)37(49)17-19-43(35,36)6;1-3-2/h7-11,22-23,26,32-33,35-38,49H,12-21,24-25H2,1-6H3,(H,46,50)(H,47,51);3H,1H2,2H3. The summed E-state index contributed by atoms with van der Waals surface area (Å²) in [7, 11) is 0. The molecule has 7 heteroatoms. The molecular formula is C47H65FN2O4. The van der Waals surface area contributed by atoms with Crippen LogP contribution >= 0.6 is 0 Å². The number of aliphatic hydroxyl groups excluding tert-OH is 1. The molecule has 294 valence electrons. The molecule has 0 spiro atoms. The predicted molar refractivity (Wildman–Crippen MR) is 213 cm³/mol.